The summed E-state index contributed by atoms with van der Waals surface area (Å²) in [6.07, 6.45) is 3.20. The topological polar surface area (TPSA) is 131 Å². The van der Waals surface area contributed by atoms with Gasteiger partial charge in [-0.05, 0) is 51.8 Å². The van der Waals surface area contributed by atoms with Crippen LogP contribution in [0.15, 0.2) is 29.2 Å². The fourth-order valence-electron chi connectivity index (χ4n) is 4.22. The van der Waals surface area contributed by atoms with E-state index < -0.39 is 34.0 Å². The zero-order valence-corrected chi connectivity index (χ0v) is 20.6. The summed E-state index contributed by atoms with van der Waals surface area (Å²) in [5, 5.41) is 4.95. The number of rotatable bonds is 6. The van der Waals surface area contributed by atoms with Crippen LogP contribution in [0.4, 0.5) is 4.79 Å². The number of imide groups is 1. The standard InChI is InChI=1S/C23H33N3O7S/c1-15-13-26(14-16(2)32-15)34(30,31)20-11-7-8-18(12-20)22(28)33-17(3)21(27)25-23(29)24-19-9-5-4-6-10-19/h7-8,11-12,15-17,19H,4-6,9-10,13-14H2,1-3H3,(H2,24,25,27,29). The summed E-state index contributed by atoms with van der Waals surface area (Å²) < 4.78 is 38.3. The van der Waals surface area contributed by atoms with Crippen molar-refractivity contribution < 1.29 is 32.3 Å². The third-order valence-corrected chi connectivity index (χ3v) is 7.75. The van der Waals surface area contributed by atoms with Gasteiger partial charge in [-0.25, -0.2) is 18.0 Å². The van der Waals surface area contributed by atoms with Gasteiger partial charge in [-0.3, -0.25) is 10.1 Å². The Labute approximate surface area is 200 Å². The summed E-state index contributed by atoms with van der Waals surface area (Å²) in [4.78, 5) is 36.9. The Kier molecular flexibility index (Phi) is 8.67. The summed E-state index contributed by atoms with van der Waals surface area (Å²) >= 11 is 0. The molecule has 1 saturated heterocycles. The van der Waals surface area contributed by atoms with Crippen LogP contribution in [0.3, 0.4) is 0 Å². The van der Waals surface area contributed by atoms with Crippen LogP contribution in [-0.2, 0) is 24.3 Å². The van der Waals surface area contributed by atoms with Crippen LogP contribution in [0, 0.1) is 0 Å². The average molecular weight is 496 g/mol. The first-order valence-electron chi connectivity index (χ1n) is 11.6. The van der Waals surface area contributed by atoms with Gasteiger partial charge >= 0.3 is 12.0 Å². The molecule has 2 N–H and O–H groups in total. The Bertz CT molecular complexity index is 998. The number of amides is 3. The maximum atomic E-state index is 13.1. The van der Waals surface area contributed by atoms with E-state index in [4.69, 9.17) is 9.47 Å². The summed E-state index contributed by atoms with van der Waals surface area (Å²) in [7, 11) is -3.85. The average Bonchev–Trinajstić information content (AvgIpc) is 2.79. The highest BCUT2D eigenvalue weighted by Gasteiger charge is 2.33. The minimum atomic E-state index is -3.85. The Hall–Kier alpha value is -2.50. The molecule has 11 heteroatoms. The zero-order chi connectivity index (χ0) is 24.9. The van der Waals surface area contributed by atoms with E-state index in [0.717, 1.165) is 32.1 Å². The molecule has 3 atom stereocenters. The molecule has 1 heterocycles. The first kappa shape index (κ1) is 26.1. The molecule has 1 saturated carbocycles. The van der Waals surface area contributed by atoms with Gasteiger partial charge in [0.1, 0.15) is 0 Å². The van der Waals surface area contributed by atoms with E-state index in [1.165, 1.54) is 35.5 Å². The van der Waals surface area contributed by atoms with Crippen LogP contribution in [-0.4, -0.2) is 68.1 Å². The molecule has 0 bridgehead atoms. The van der Waals surface area contributed by atoms with Crippen LogP contribution in [0.2, 0.25) is 0 Å². The molecule has 3 unspecified atom stereocenters. The first-order chi connectivity index (χ1) is 16.1. The van der Waals surface area contributed by atoms with E-state index in [9.17, 15) is 22.8 Å². The number of ether oxygens (including phenoxy) is 2. The first-order valence-corrected chi connectivity index (χ1v) is 13.1. The molecule has 2 fully saturated rings. The molecule has 1 aliphatic carbocycles. The highest BCUT2D eigenvalue weighted by atomic mass is 32.2. The van der Waals surface area contributed by atoms with E-state index in [0.29, 0.717) is 0 Å². The minimum absolute atomic E-state index is 0.0123. The zero-order valence-electron chi connectivity index (χ0n) is 19.8. The molecule has 1 aromatic rings. The van der Waals surface area contributed by atoms with Crippen LogP contribution in [0.5, 0.6) is 0 Å². The highest BCUT2D eigenvalue weighted by Crippen LogP contribution is 2.22. The van der Waals surface area contributed by atoms with Gasteiger partial charge in [-0.2, -0.15) is 4.31 Å². The Morgan fingerprint density at radius 3 is 2.38 bits per heavy atom. The van der Waals surface area contributed by atoms with Crippen LogP contribution >= 0.6 is 0 Å². The van der Waals surface area contributed by atoms with E-state index in [1.54, 1.807) is 13.8 Å². The van der Waals surface area contributed by atoms with Crippen molar-refractivity contribution in [2.24, 2.45) is 0 Å². The Morgan fingerprint density at radius 1 is 1.09 bits per heavy atom. The second-order valence-electron chi connectivity index (χ2n) is 8.95. The van der Waals surface area contributed by atoms with Gasteiger partial charge in [0, 0.05) is 19.1 Å². The van der Waals surface area contributed by atoms with Gasteiger partial charge in [0.05, 0.1) is 22.7 Å². The van der Waals surface area contributed by atoms with Gasteiger partial charge < -0.3 is 14.8 Å². The summed E-state index contributed by atoms with van der Waals surface area (Å²) in [5.41, 5.74) is -0.0123. The normalized spacial score (nSPS) is 23.0. The van der Waals surface area contributed by atoms with Gasteiger partial charge in [-0.15, -0.1) is 0 Å². The molecule has 1 aromatic carbocycles. The van der Waals surface area contributed by atoms with E-state index >= 15 is 0 Å². The number of carbonyl (C=O) groups excluding carboxylic acids is 3. The number of carbonyl (C=O) groups is 3. The number of nitrogens with one attached hydrogen (secondary N) is 2. The van der Waals surface area contributed by atoms with Crippen molar-refractivity contribution in [3.63, 3.8) is 0 Å². The van der Waals surface area contributed by atoms with Crippen molar-refractivity contribution in [3.05, 3.63) is 29.8 Å². The number of benzene rings is 1. The number of sulfonamides is 1. The maximum absolute atomic E-state index is 13.1. The molecule has 2 aliphatic rings. The molecule has 10 nitrogen and oxygen atoms in total. The number of urea groups is 1. The summed E-state index contributed by atoms with van der Waals surface area (Å²) in [6.45, 7) is 5.36. The molecule has 3 amide bonds. The van der Waals surface area contributed by atoms with Crippen molar-refractivity contribution in [1.29, 1.82) is 0 Å². The van der Waals surface area contributed by atoms with Crippen molar-refractivity contribution >= 4 is 27.9 Å². The number of nitrogens with zero attached hydrogens (tertiary/aromatic N) is 1. The lowest BCUT2D eigenvalue weighted by Crippen LogP contribution is -2.48. The third kappa shape index (κ3) is 6.77. The number of esters is 1. The molecule has 0 radical (unpaired) electrons. The smallest absolute Gasteiger partial charge is 0.338 e. The second-order valence-corrected chi connectivity index (χ2v) is 10.9. The van der Waals surface area contributed by atoms with E-state index in [-0.39, 0.29) is 41.8 Å². The van der Waals surface area contributed by atoms with Crippen LogP contribution in [0.25, 0.3) is 0 Å². The Morgan fingerprint density at radius 2 is 1.74 bits per heavy atom. The molecule has 188 valence electrons. The van der Waals surface area contributed by atoms with Crippen LogP contribution < -0.4 is 10.6 Å². The molecule has 34 heavy (non-hydrogen) atoms. The number of hydrogen-bond acceptors (Lipinski definition) is 7. The number of morpholine rings is 1. The van der Waals surface area contributed by atoms with Gasteiger partial charge in [0.25, 0.3) is 5.91 Å². The van der Waals surface area contributed by atoms with E-state index in [1.807, 2.05) is 0 Å². The largest absolute Gasteiger partial charge is 0.449 e. The fraction of sp³-hybridized carbons (Fsp3) is 0.609. The molecule has 0 aromatic heterocycles. The molecule has 3 rings (SSSR count). The minimum Gasteiger partial charge on any atom is -0.449 e. The monoisotopic (exact) mass is 495 g/mol. The van der Waals surface area contributed by atoms with Gasteiger partial charge in [-0.1, -0.05) is 25.3 Å². The SMILES string of the molecule is CC1CN(S(=O)(=O)c2cccc(C(=O)OC(C)C(=O)NC(=O)NC3CCCCC3)c2)CC(C)O1. The second kappa shape index (κ2) is 11.3. The predicted molar refractivity (Wildman–Crippen MR) is 124 cm³/mol. The summed E-state index contributed by atoms with van der Waals surface area (Å²) in [5.74, 6) is -1.63. The maximum Gasteiger partial charge on any atom is 0.338 e. The molecule has 1 aliphatic heterocycles. The molecular weight excluding hydrogens is 462 g/mol. The molecular formula is C23H33N3O7S. The quantitative estimate of drug-likeness (QED) is 0.578. The fourth-order valence-corrected chi connectivity index (χ4v) is 5.86. The number of hydrogen-bond donors (Lipinski definition) is 2. The summed E-state index contributed by atoms with van der Waals surface area (Å²) in [6, 6.07) is 4.89. The highest BCUT2D eigenvalue weighted by molar-refractivity contribution is 7.89. The molecule has 0 spiro atoms. The lowest BCUT2D eigenvalue weighted by Gasteiger charge is -2.34. The van der Waals surface area contributed by atoms with Crippen molar-refractivity contribution in [2.45, 2.75) is 82.1 Å². The van der Waals surface area contributed by atoms with Crippen molar-refractivity contribution in [2.75, 3.05) is 13.1 Å². The lowest BCUT2D eigenvalue weighted by atomic mass is 9.96. The van der Waals surface area contributed by atoms with Crippen molar-refractivity contribution in [1.82, 2.24) is 14.9 Å². The Balaban J connectivity index is 1.59. The van der Waals surface area contributed by atoms with Gasteiger partial charge in [0.15, 0.2) is 6.10 Å². The lowest BCUT2D eigenvalue weighted by molar-refractivity contribution is -0.127. The van der Waals surface area contributed by atoms with Crippen LogP contribution in [0.1, 0.15) is 63.2 Å². The van der Waals surface area contributed by atoms with E-state index in [2.05, 4.69) is 10.6 Å². The van der Waals surface area contributed by atoms with Gasteiger partial charge in [0.2, 0.25) is 10.0 Å². The predicted octanol–water partition coefficient (Wildman–Crippen LogP) is 2.19. The van der Waals surface area contributed by atoms with Crippen molar-refractivity contribution in [3.8, 4) is 0 Å². The third-order valence-electron chi connectivity index (χ3n) is 5.92.